The van der Waals surface area contributed by atoms with Crippen LogP contribution in [0.4, 0.5) is 10.1 Å². The van der Waals surface area contributed by atoms with Gasteiger partial charge in [0.1, 0.15) is 16.8 Å². The van der Waals surface area contributed by atoms with E-state index in [1.165, 1.54) is 17.4 Å². The molecule has 1 N–H and O–H groups in total. The van der Waals surface area contributed by atoms with Crippen LogP contribution < -0.4 is 5.32 Å². The molecule has 1 heterocycles. The van der Waals surface area contributed by atoms with Crippen molar-refractivity contribution in [2.45, 2.75) is 13.5 Å². The zero-order valence-corrected chi connectivity index (χ0v) is 10.1. The van der Waals surface area contributed by atoms with Crippen molar-refractivity contribution in [3.05, 3.63) is 51.5 Å². The second-order valence-electron chi connectivity index (χ2n) is 3.70. The molecule has 4 heteroatoms. The third kappa shape index (κ3) is 2.83. The normalized spacial score (nSPS) is 9.94. The van der Waals surface area contributed by atoms with E-state index in [4.69, 9.17) is 5.26 Å². The lowest BCUT2D eigenvalue weighted by molar-refractivity contribution is 0.618. The molecule has 17 heavy (non-hydrogen) atoms. The van der Waals surface area contributed by atoms with E-state index in [0.29, 0.717) is 17.0 Å². The summed E-state index contributed by atoms with van der Waals surface area (Å²) in [5.41, 5.74) is 1.51. The van der Waals surface area contributed by atoms with Crippen LogP contribution in [0, 0.1) is 24.1 Å². The Morgan fingerprint density at radius 1 is 1.35 bits per heavy atom. The van der Waals surface area contributed by atoms with Crippen LogP contribution in [0.5, 0.6) is 0 Å². The monoisotopic (exact) mass is 246 g/mol. The fraction of sp³-hybridized carbons (Fsp3) is 0.154. The largest absolute Gasteiger partial charge is 0.380 e. The van der Waals surface area contributed by atoms with Gasteiger partial charge in [-0.3, -0.25) is 0 Å². The zero-order chi connectivity index (χ0) is 12.3. The fourth-order valence-electron chi connectivity index (χ4n) is 1.48. The van der Waals surface area contributed by atoms with Crippen LogP contribution in [0.25, 0.3) is 0 Å². The number of hydrogen-bond acceptors (Lipinski definition) is 3. The summed E-state index contributed by atoms with van der Waals surface area (Å²) in [6.45, 7) is 2.39. The van der Waals surface area contributed by atoms with E-state index in [9.17, 15) is 4.39 Å². The highest BCUT2D eigenvalue weighted by Crippen LogP contribution is 2.18. The minimum Gasteiger partial charge on any atom is -0.380 e. The van der Waals surface area contributed by atoms with Crippen molar-refractivity contribution in [1.82, 2.24) is 0 Å². The number of benzene rings is 1. The van der Waals surface area contributed by atoms with Gasteiger partial charge in [-0.2, -0.15) is 5.26 Å². The lowest BCUT2D eigenvalue weighted by atomic mass is 10.2. The topological polar surface area (TPSA) is 35.8 Å². The number of nitrogens with one attached hydrogen (secondary N) is 1. The Morgan fingerprint density at radius 2 is 2.18 bits per heavy atom. The van der Waals surface area contributed by atoms with Gasteiger partial charge in [0.15, 0.2) is 0 Å². The first-order valence-corrected chi connectivity index (χ1v) is 5.99. The first-order chi connectivity index (χ1) is 8.19. The molecule has 86 valence electrons. The summed E-state index contributed by atoms with van der Waals surface area (Å²) < 4.78 is 13.0. The number of rotatable bonds is 3. The van der Waals surface area contributed by atoms with E-state index in [0.717, 1.165) is 10.6 Å². The standard InChI is InChI=1S/C13H11FN2S/c1-9-6-10(2-5-13(9)14)16-8-12-4-3-11(7-15)17-12/h2-6,16H,8H2,1H3. The van der Waals surface area contributed by atoms with Gasteiger partial charge in [0.25, 0.3) is 0 Å². The molecular weight excluding hydrogens is 235 g/mol. The number of hydrogen-bond donors (Lipinski definition) is 1. The summed E-state index contributed by atoms with van der Waals surface area (Å²) in [5.74, 6) is -0.196. The zero-order valence-electron chi connectivity index (χ0n) is 9.33. The Kier molecular flexibility index (Phi) is 3.40. The molecule has 2 aromatic rings. The molecule has 0 spiro atoms. The van der Waals surface area contributed by atoms with E-state index in [1.807, 2.05) is 6.07 Å². The molecule has 0 saturated carbocycles. The third-order valence-corrected chi connectivity index (χ3v) is 3.39. The van der Waals surface area contributed by atoms with Crippen LogP contribution in [-0.4, -0.2) is 0 Å². The molecule has 2 nitrogen and oxygen atoms in total. The Labute approximate surface area is 103 Å². The molecule has 0 aliphatic rings. The van der Waals surface area contributed by atoms with Gasteiger partial charge in [-0.1, -0.05) is 0 Å². The summed E-state index contributed by atoms with van der Waals surface area (Å²) in [6, 6.07) is 10.8. The lowest BCUT2D eigenvalue weighted by Crippen LogP contribution is -1.98. The van der Waals surface area contributed by atoms with Gasteiger partial charge < -0.3 is 5.32 Å². The number of thiophene rings is 1. The van der Waals surface area contributed by atoms with Gasteiger partial charge in [-0.05, 0) is 42.8 Å². The molecule has 0 bridgehead atoms. The molecule has 0 aliphatic carbocycles. The van der Waals surface area contributed by atoms with Crippen molar-refractivity contribution in [3.63, 3.8) is 0 Å². The number of aryl methyl sites for hydroxylation is 1. The van der Waals surface area contributed by atoms with Crippen molar-refractivity contribution in [2.24, 2.45) is 0 Å². The second kappa shape index (κ2) is 4.98. The summed E-state index contributed by atoms with van der Waals surface area (Å²) in [4.78, 5) is 1.79. The van der Waals surface area contributed by atoms with Crippen molar-refractivity contribution in [3.8, 4) is 6.07 Å². The minimum atomic E-state index is -0.196. The summed E-state index contributed by atoms with van der Waals surface area (Å²) >= 11 is 1.46. The summed E-state index contributed by atoms with van der Waals surface area (Å²) in [6.07, 6.45) is 0. The van der Waals surface area contributed by atoms with Crippen molar-refractivity contribution in [1.29, 1.82) is 5.26 Å². The van der Waals surface area contributed by atoms with E-state index < -0.39 is 0 Å². The highest BCUT2D eigenvalue weighted by molar-refractivity contribution is 7.12. The molecule has 0 atom stereocenters. The molecule has 0 aliphatic heterocycles. The molecule has 0 fully saturated rings. The molecular formula is C13H11FN2S. The summed E-state index contributed by atoms with van der Waals surface area (Å²) in [7, 11) is 0. The van der Waals surface area contributed by atoms with Gasteiger partial charge in [0.05, 0.1) is 0 Å². The van der Waals surface area contributed by atoms with Crippen LogP contribution in [0.15, 0.2) is 30.3 Å². The Morgan fingerprint density at radius 3 is 2.82 bits per heavy atom. The quantitative estimate of drug-likeness (QED) is 0.896. The van der Waals surface area contributed by atoms with Crippen molar-refractivity contribution < 1.29 is 4.39 Å². The first-order valence-electron chi connectivity index (χ1n) is 5.18. The maximum Gasteiger partial charge on any atom is 0.126 e. The SMILES string of the molecule is Cc1cc(NCc2ccc(C#N)s2)ccc1F. The molecule has 2 rings (SSSR count). The Balaban J connectivity index is 2.02. The van der Waals surface area contributed by atoms with Crippen molar-refractivity contribution >= 4 is 17.0 Å². The second-order valence-corrected chi connectivity index (χ2v) is 4.86. The maximum atomic E-state index is 13.0. The minimum absolute atomic E-state index is 0.196. The van der Waals surface area contributed by atoms with Crippen LogP contribution in [0.3, 0.4) is 0 Å². The van der Waals surface area contributed by atoms with E-state index in [1.54, 1.807) is 25.1 Å². The highest BCUT2D eigenvalue weighted by Gasteiger charge is 2.01. The highest BCUT2D eigenvalue weighted by atomic mass is 32.1. The Bertz CT molecular complexity index is 569. The van der Waals surface area contributed by atoms with Crippen molar-refractivity contribution in [2.75, 3.05) is 5.32 Å². The average Bonchev–Trinajstić information content (AvgIpc) is 2.79. The Hall–Kier alpha value is -1.86. The van der Waals surface area contributed by atoms with Crippen LogP contribution in [0.1, 0.15) is 15.3 Å². The van der Waals surface area contributed by atoms with Gasteiger partial charge in [-0.25, -0.2) is 4.39 Å². The molecule has 0 unspecified atom stereocenters. The fourth-order valence-corrected chi connectivity index (χ4v) is 2.22. The lowest BCUT2D eigenvalue weighted by Gasteiger charge is -2.06. The number of nitrogens with zero attached hydrogens (tertiary/aromatic N) is 1. The van der Waals surface area contributed by atoms with Gasteiger partial charge in [-0.15, -0.1) is 11.3 Å². The van der Waals surface area contributed by atoms with Crippen LogP contribution >= 0.6 is 11.3 Å². The molecule has 0 amide bonds. The predicted octanol–water partition coefficient (Wildman–Crippen LogP) is 3.68. The van der Waals surface area contributed by atoms with E-state index >= 15 is 0 Å². The smallest absolute Gasteiger partial charge is 0.126 e. The number of halogens is 1. The molecule has 1 aromatic heterocycles. The van der Waals surface area contributed by atoms with Crippen LogP contribution in [0.2, 0.25) is 0 Å². The third-order valence-electron chi connectivity index (χ3n) is 2.40. The van der Waals surface area contributed by atoms with E-state index in [-0.39, 0.29) is 5.82 Å². The van der Waals surface area contributed by atoms with Crippen LogP contribution in [-0.2, 0) is 6.54 Å². The van der Waals surface area contributed by atoms with Gasteiger partial charge >= 0.3 is 0 Å². The average molecular weight is 246 g/mol. The number of anilines is 1. The maximum absolute atomic E-state index is 13.0. The predicted molar refractivity (Wildman–Crippen MR) is 67.5 cm³/mol. The molecule has 0 radical (unpaired) electrons. The molecule has 1 aromatic carbocycles. The first kappa shape index (κ1) is 11.6. The molecule has 0 saturated heterocycles. The van der Waals surface area contributed by atoms with E-state index in [2.05, 4.69) is 11.4 Å². The van der Waals surface area contributed by atoms with Gasteiger partial charge in [0.2, 0.25) is 0 Å². The number of nitriles is 1. The van der Waals surface area contributed by atoms with Gasteiger partial charge in [0, 0.05) is 17.1 Å². The summed E-state index contributed by atoms with van der Waals surface area (Å²) in [5, 5.41) is 11.9.